The van der Waals surface area contributed by atoms with Crippen molar-refractivity contribution in [3.8, 4) is 5.75 Å². The molecule has 1 fully saturated rings. The number of hydrogen-bond donors (Lipinski definition) is 2. The van der Waals surface area contributed by atoms with Gasteiger partial charge in [0.25, 0.3) is 0 Å². The second kappa shape index (κ2) is 6.00. The van der Waals surface area contributed by atoms with Crippen molar-refractivity contribution in [2.75, 3.05) is 7.11 Å². The van der Waals surface area contributed by atoms with E-state index in [0.29, 0.717) is 10.8 Å². The molecule has 0 aliphatic heterocycles. The Morgan fingerprint density at radius 3 is 2.74 bits per heavy atom. The molecule has 2 N–H and O–H groups in total. The standard InChI is InChI=1S/C16H16N2O4S/c1-22-12-5-3-2-4-10(12)16(6-7-16)15(21)17-8-13-18-11(9-23-13)14(19)20/h2-5,9H,6-8H2,1H3,(H,17,21)(H,19,20). The molecule has 0 atom stereocenters. The highest BCUT2D eigenvalue weighted by atomic mass is 32.1. The largest absolute Gasteiger partial charge is 0.496 e. The number of hydrogen-bond acceptors (Lipinski definition) is 5. The third-order valence-corrected chi connectivity index (χ3v) is 4.83. The van der Waals surface area contributed by atoms with E-state index in [1.54, 1.807) is 7.11 Å². The van der Waals surface area contributed by atoms with Crippen LogP contribution in [-0.4, -0.2) is 29.1 Å². The van der Waals surface area contributed by atoms with Gasteiger partial charge in [0, 0.05) is 10.9 Å². The smallest absolute Gasteiger partial charge is 0.355 e. The van der Waals surface area contributed by atoms with Gasteiger partial charge in [-0.15, -0.1) is 11.3 Å². The summed E-state index contributed by atoms with van der Waals surface area (Å²) >= 11 is 1.22. The number of carboxylic acid groups (broad SMARTS) is 1. The molecule has 2 aromatic rings. The third kappa shape index (κ3) is 2.92. The van der Waals surface area contributed by atoms with Gasteiger partial charge in [-0.3, -0.25) is 4.79 Å². The quantitative estimate of drug-likeness (QED) is 0.846. The topological polar surface area (TPSA) is 88.5 Å². The molecule has 6 nitrogen and oxygen atoms in total. The van der Waals surface area contributed by atoms with E-state index < -0.39 is 11.4 Å². The highest BCUT2D eigenvalue weighted by Crippen LogP contribution is 2.51. The molecule has 0 unspecified atom stereocenters. The zero-order valence-electron chi connectivity index (χ0n) is 12.5. The number of carbonyl (C=O) groups excluding carboxylic acids is 1. The molecule has 0 spiro atoms. The first kappa shape index (κ1) is 15.5. The van der Waals surface area contributed by atoms with E-state index in [0.717, 1.165) is 18.4 Å². The van der Waals surface area contributed by atoms with Crippen LogP contribution in [0, 0.1) is 0 Å². The molecule has 23 heavy (non-hydrogen) atoms. The van der Waals surface area contributed by atoms with Crippen molar-refractivity contribution in [2.45, 2.75) is 24.8 Å². The maximum atomic E-state index is 12.6. The first-order valence-corrected chi connectivity index (χ1v) is 8.04. The number of nitrogens with zero attached hydrogens (tertiary/aromatic N) is 1. The molecule has 1 saturated carbocycles. The lowest BCUT2D eigenvalue weighted by Gasteiger charge is -2.18. The average Bonchev–Trinajstić information content (AvgIpc) is 3.23. The summed E-state index contributed by atoms with van der Waals surface area (Å²) < 4.78 is 5.36. The van der Waals surface area contributed by atoms with Gasteiger partial charge < -0.3 is 15.2 Å². The number of carbonyl (C=O) groups is 2. The Morgan fingerprint density at radius 2 is 2.13 bits per heavy atom. The minimum Gasteiger partial charge on any atom is -0.496 e. The van der Waals surface area contributed by atoms with E-state index in [1.807, 2.05) is 24.3 Å². The highest BCUT2D eigenvalue weighted by molar-refractivity contribution is 7.09. The van der Waals surface area contributed by atoms with E-state index in [-0.39, 0.29) is 18.1 Å². The van der Waals surface area contributed by atoms with E-state index >= 15 is 0 Å². The normalized spacial score (nSPS) is 15.0. The van der Waals surface area contributed by atoms with Crippen LogP contribution in [0.3, 0.4) is 0 Å². The molecule has 1 heterocycles. The van der Waals surface area contributed by atoms with Crippen LogP contribution in [0.4, 0.5) is 0 Å². The molecule has 1 amide bonds. The molecule has 1 aliphatic carbocycles. The fourth-order valence-corrected chi connectivity index (χ4v) is 3.31. The fraction of sp³-hybridized carbons (Fsp3) is 0.312. The van der Waals surface area contributed by atoms with Crippen LogP contribution in [0.15, 0.2) is 29.6 Å². The number of aromatic nitrogens is 1. The predicted molar refractivity (Wildman–Crippen MR) is 84.8 cm³/mol. The van der Waals surface area contributed by atoms with Gasteiger partial charge in [-0.1, -0.05) is 18.2 Å². The zero-order valence-corrected chi connectivity index (χ0v) is 13.4. The Hall–Kier alpha value is -2.41. The molecular formula is C16H16N2O4S. The number of benzene rings is 1. The van der Waals surface area contributed by atoms with E-state index in [2.05, 4.69) is 10.3 Å². The highest BCUT2D eigenvalue weighted by Gasteiger charge is 2.52. The first-order chi connectivity index (χ1) is 11.1. The zero-order chi connectivity index (χ0) is 16.4. The van der Waals surface area contributed by atoms with E-state index in [9.17, 15) is 9.59 Å². The summed E-state index contributed by atoms with van der Waals surface area (Å²) in [6, 6.07) is 7.53. The van der Waals surface area contributed by atoms with Crippen molar-refractivity contribution in [3.63, 3.8) is 0 Å². The molecule has 120 valence electrons. The number of methoxy groups -OCH3 is 1. The van der Waals surface area contributed by atoms with Crippen molar-refractivity contribution in [1.82, 2.24) is 10.3 Å². The number of amides is 1. The number of carboxylic acids is 1. The van der Waals surface area contributed by atoms with Crippen LogP contribution in [0.5, 0.6) is 5.75 Å². The van der Waals surface area contributed by atoms with Gasteiger partial charge in [0.15, 0.2) is 5.69 Å². The summed E-state index contributed by atoms with van der Waals surface area (Å²) in [7, 11) is 1.59. The molecule has 1 aliphatic rings. The summed E-state index contributed by atoms with van der Waals surface area (Å²) in [5.74, 6) is -0.428. The Bertz CT molecular complexity index is 752. The fourth-order valence-electron chi connectivity index (χ4n) is 2.60. The van der Waals surface area contributed by atoms with Gasteiger partial charge in [0.05, 0.1) is 19.1 Å². The van der Waals surface area contributed by atoms with Crippen molar-refractivity contribution in [3.05, 3.63) is 45.9 Å². The van der Waals surface area contributed by atoms with E-state index in [4.69, 9.17) is 9.84 Å². The number of nitrogens with one attached hydrogen (secondary N) is 1. The molecule has 1 aromatic carbocycles. The molecule has 0 radical (unpaired) electrons. The van der Waals surface area contributed by atoms with Crippen molar-refractivity contribution in [2.24, 2.45) is 0 Å². The van der Waals surface area contributed by atoms with Crippen LogP contribution in [0.2, 0.25) is 0 Å². The van der Waals surface area contributed by atoms with Gasteiger partial charge in [-0.25, -0.2) is 9.78 Å². The molecule has 0 bridgehead atoms. The monoisotopic (exact) mass is 332 g/mol. The second-order valence-corrected chi connectivity index (χ2v) is 6.34. The molecule has 1 aromatic heterocycles. The summed E-state index contributed by atoms with van der Waals surface area (Å²) in [5, 5.41) is 13.8. The van der Waals surface area contributed by atoms with Crippen molar-refractivity contribution < 1.29 is 19.4 Å². The average molecular weight is 332 g/mol. The van der Waals surface area contributed by atoms with Gasteiger partial charge in [0.2, 0.25) is 5.91 Å². The summed E-state index contributed by atoms with van der Waals surface area (Å²) in [4.78, 5) is 27.4. The van der Waals surface area contributed by atoms with Gasteiger partial charge in [-0.2, -0.15) is 0 Å². The van der Waals surface area contributed by atoms with E-state index in [1.165, 1.54) is 16.7 Å². The summed E-state index contributed by atoms with van der Waals surface area (Å²) in [5.41, 5.74) is 0.356. The number of para-hydroxylation sites is 1. The van der Waals surface area contributed by atoms with Gasteiger partial charge in [0.1, 0.15) is 10.8 Å². The number of aromatic carboxylic acids is 1. The SMILES string of the molecule is COc1ccccc1C1(C(=O)NCc2nc(C(=O)O)cs2)CC1. The number of thiazole rings is 1. The predicted octanol–water partition coefficient (Wildman–Crippen LogP) is 2.20. The summed E-state index contributed by atoms with van der Waals surface area (Å²) in [6.45, 7) is 0.230. The third-order valence-electron chi connectivity index (χ3n) is 3.98. The van der Waals surface area contributed by atoms with Crippen LogP contribution in [0.1, 0.15) is 33.9 Å². The summed E-state index contributed by atoms with van der Waals surface area (Å²) in [6.07, 6.45) is 1.55. The lowest BCUT2D eigenvalue weighted by atomic mass is 9.94. The van der Waals surface area contributed by atoms with Gasteiger partial charge in [-0.05, 0) is 18.9 Å². The van der Waals surface area contributed by atoms with Crippen molar-refractivity contribution >= 4 is 23.2 Å². The minimum atomic E-state index is -1.06. The number of ether oxygens (including phenoxy) is 1. The Morgan fingerprint density at radius 1 is 1.39 bits per heavy atom. The lowest BCUT2D eigenvalue weighted by Crippen LogP contribution is -2.34. The minimum absolute atomic E-state index is 0.00473. The maximum absolute atomic E-state index is 12.6. The molecule has 3 rings (SSSR count). The van der Waals surface area contributed by atoms with Crippen LogP contribution >= 0.6 is 11.3 Å². The first-order valence-electron chi connectivity index (χ1n) is 7.16. The molecule has 0 saturated heterocycles. The Kier molecular flexibility index (Phi) is 4.04. The van der Waals surface area contributed by atoms with Crippen molar-refractivity contribution in [1.29, 1.82) is 0 Å². The van der Waals surface area contributed by atoms with Gasteiger partial charge >= 0.3 is 5.97 Å². The Labute approximate surface area is 137 Å². The second-order valence-electron chi connectivity index (χ2n) is 5.40. The Balaban J connectivity index is 1.71. The lowest BCUT2D eigenvalue weighted by molar-refractivity contribution is -0.123. The van der Waals surface area contributed by atoms with Crippen LogP contribution in [-0.2, 0) is 16.8 Å². The maximum Gasteiger partial charge on any atom is 0.355 e. The number of rotatable bonds is 6. The van der Waals surface area contributed by atoms with Crippen LogP contribution < -0.4 is 10.1 Å². The van der Waals surface area contributed by atoms with Crippen LogP contribution in [0.25, 0.3) is 0 Å². The molecular weight excluding hydrogens is 316 g/mol. The molecule has 7 heteroatoms.